The molecular weight excluding hydrogens is 264 g/mol. The zero-order valence-corrected chi connectivity index (χ0v) is 11.6. The zero-order chi connectivity index (χ0) is 14.8. The van der Waals surface area contributed by atoms with Crippen molar-refractivity contribution in [2.75, 3.05) is 0 Å². The van der Waals surface area contributed by atoms with E-state index in [2.05, 4.69) is 0 Å². The fourth-order valence-corrected chi connectivity index (χ4v) is 2.23. The molecule has 2 aromatic carbocycles. The minimum atomic E-state index is 0.335. The highest BCUT2D eigenvalue weighted by Crippen LogP contribution is 2.21. The van der Waals surface area contributed by atoms with Gasteiger partial charge in [-0.1, -0.05) is 48.0 Å². The first-order valence-electron chi connectivity index (χ1n) is 6.66. The van der Waals surface area contributed by atoms with Gasteiger partial charge in [0.05, 0.1) is 10.5 Å². The molecule has 0 bridgehead atoms. The molecule has 0 N–H and O–H groups in total. The summed E-state index contributed by atoms with van der Waals surface area (Å²) in [4.78, 5) is 12.6. The van der Waals surface area contributed by atoms with Gasteiger partial charge in [0.25, 0.3) is 5.69 Å². The van der Waals surface area contributed by atoms with E-state index in [4.69, 9.17) is 0 Å². The van der Waals surface area contributed by atoms with Gasteiger partial charge in [-0.25, -0.2) is 0 Å². The van der Waals surface area contributed by atoms with Gasteiger partial charge in [0.2, 0.25) is 0 Å². The van der Waals surface area contributed by atoms with Crippen LogP contribution in [-0.4, -0.2) is 4.85 Å². The molecule has 0 fully saturated rings. The summed E-state index contributed by atoms with van der Waals surface area (Å²) < 4.78 is 0.379. The van der Waals surface area contributed by atoms with Gasteiger partial charge >= 0.3 is 0 Å². The summed E-state index contributed by atoms with van der Waals surface area (Å²) in [5.74, 6) is 0. The number of benzene rings is 2. The lowest BCUT2D eigenvalue weighted by molar-refractivity contribution is -0.574. The van der Waals surface area contributed by atoms with E-state index in [0.717, 1.165) is 11.1 Å². The molecule has 4 nitrogen and oxygen atoms in total. The topological polar surface area (TPSA) is 51.0 Å². The lowest BCUT2D eigenvalue weighted by Gasteiger charge is -2.09. The van der Waals surface area contributed by atoms with Gasteiger partial charge in [-0.15, -0.1) is 4.85 Å². The van der Waals surface area contributed by atoms with E-state index in [1.165, 1.54) is 0 Å². The highest BCUT2D eigenvalue weighted by Gasteiger charge is 2.15. The lowest BCUT2D eigenvalue weighted by atomic mass is 10.1. The van der Waals surface area contributed by atoms with Crippen LogP contribution in [0.3, 0.4) is 0 Å². The Labute approximate surface area is 122 Å². The Morgan fingerprint density at radius 3 is 2.19 bits per heavy atom. The van der Waals surface area contributed by atoms with Crippen molar-refractivity contribution in [3.05, 3.63) is 82.4 Å². The summed E-state index contributed by atoms with van der Waals surface area (Å²) in [6.07, 6.45) is 0. The van der Waals surface area contributed by atoms with Gasteiger partial charge in [0.1, 0.15) is 5.69 Å². The van der Waals surface area contributed by atoms with Crippen molar-refractivity contribution in [3.8, 4) is 22.5 Å². The Morgan fingerprint density at radius 1 is 0.857 bits per heavy atom. The highest BCUT2D eigenvalue weighted by molar-refractivity contribution is 5.62. The predicted octanol–water partition coefficient (Wildman–Crippen LogP) is 3.39. The standard InChI is InChI=1S/C17H14N2O2/c1-13-7-9-15(10-8-13)17-12-11-16(18(20)19(17)21)14-5-3-2-4-6-14/h2-12H,1H3. The predicted molar refractivity (Wildman–Crippen MR) is 82.2 cm³/mol. The molecular formula is C17H14N2O2. The van der Waals surface area contributed by atoms with E-state index >= 15 is 0 Å². The summed E-state index contributed by atoms with van der Waals surface area (Å²) in [6, 6.07) is 20.0. The van der Waals surface area contributed by atoms with Crippen molar-refractivity contribution in [3.63, 3.8) is 0 Å². The summed E-state index contributed by atoms with van der Waals surface area (Å²) in [5.41, 5.74) is 3.21. The highest BCUT2D eigenvalue weighted by atomic mass is 16.5. The van der Waals surface area contributed by atoms with E-state index < -0.39 is 0 Å². The molecule has 0 saturated carbocycles. The Morgan fingerprint density at radius 2 is 1.52 bits per heavy atom. The quantitative estimate of drug-likeness (QED) is 0.675. The molecule has 0 saturated heterocycles. The second-order valence-electron chi connectivity index (χ2n) is 4.88. The molecule has 0 aliphatic carbocycles. The van der Waals surface area contributed by atoms with Crippen LogP contribution in [0, 0.1) is 17.0 Å². The fraction of sp³-hybridized carbons (Fsp3) is 0.0588. The van der Waals surface area contributed by atoms with Crippen molar-refractivity contribution >= 4 is 0 Å². The number of aromatic nitrogens is 2. The van der Waals surface area contributed by atoms with Crippen LogP contribution in [0.1, 0.15) is 5.56 Å². The number of rotatable bonds is 2. The SMILES string of the molecule is Cc1ccc(-c2ccc(-c3ccccc3)[n+](=O)n2[O-])cc1. The second kappa shape index (κ2) is 5.25. The maximum atomic E-state index is 12.2. The molecule has 0 radical (unpaired) electrons. The summed E-state index contributed by atoms with van der Waals surface area (Å²) >= 11 is 0. The molecule has 0 aliphatic rings. The Hall–Kier alpha value is -2.88. The normalized spacial score (nSPS) is 10.5. The van der Waals surface area contributed by atoms with Gasteiger partial charge < -0.3 is 5.21 Å². The Bertz CT molecular complexity index is 822. The Balaban J connectivity index is 2.13. The largest absolute Gasteiger partial charge is 0.755 e. The van der Waals surface area contributed by atoms with E-state index in [1.807, 2.05) is 49.4 Å². The smallest absolute Gasteiger partial charge is 0.299 e. The summed E-state index contributed by atoms with van der Waals surface area (Å²) in [7, 11) is 0. The molecule has 1 heterocycles. The first-order valence-corrected chi connectivity index (χ1v) is 6.66. The van der Waals surface area contributed by atoms with Crippen LogP contribution < -0.4 is 4.54 Å². The third-order valence-corrected chi connectivity index (χ3v) is 3.39. The molecule has 0 atom stereocenters. The molecule has 0 aliphatic heterocycles. The molecule has 0 unspecified atom stereocenters. The van der Waals surface area contributed by atoms with E-state index in [9.17, 15) is 10.1 Å². The van der Waals surface area contributed by atoms with Crippen molar-refractivity contribution in [1.82, 2.24) is 4.85 Å². The van der Waals surface area contributed by atoms with E-state index in [0.29, 0.717) is 26.3 Å². The zero-order valence-electron chi connectivity index (χ0n) is 11.6. The minimum Gasteiger partial charge on any atom is -0.755 e. The van der Waals surface area contributed by atoms with Crippen LogP contribution >= 0.6 is 0 Å². The number of hydrogen-bond acceptors (Lipinski definition) is 2. The number of hydrogen-bond donors (Lipinski definition) is 0. The maximum absolute atomic E-state index is 12.2. The molecule has 21 heavy (non-hydrogen) atoms. The first-order chi connectivity index (χ1) is 10.2. The van der Waals surface area contributed by atoms with Crippen LogP contribution in [0.2, 0.25) is 0 Å². The maximum Gasteiger partial charge on any atom is 0.299 e. The van der Waals surface area contributed by atoms with Gasteiger partial charge in [-0.2, -0.15) is 0 Å². The molecule has 4 heteroatoms. The molecule has 3 rings (SSSR count). The molecule has 3 aromatic rings. The van der Waals surface area contributed by atoms with Crippen LogP contribution in [0.25, 0.3) is 22.5 Å². The van der Waals surface area contributed by atoms with Crippen molar-refractivity contribution in [2.24, 2.45) is 0 Å². The van der Waals surface area contributed by atoms with Gasteiger partial charge in [-0.05, 0) is 25.1 Å². The van der Waals surface area contributed by atoms with Crippen molar-refractivity contribution in [2.45, 2.75) is 6.92 Å². The van der Waals surface area contributed by atoms with E-state index in [1.54, 1.807) is 24.3 Å². The average Bonchev–Trinajstić information content (AvgIpc) is 2.52. The number of nitrogens with zero attached hydrogens (tertiary/aromatic N) is 2. The van der Waals surface area contributed by atoms with Crippen molar-refractivity contribution in [1.29, 1.82) is 0 Å². The third kappa shape index (κ3) is 2.43. The third-order valence-electron chi connectivity index (χ3n) is 3.39. The van der Waals surface area contributed by atoms with Crippen LogP contribution in [0.4, 0.5) is 0 Å². The fourth-order valence-electron chi connectivity index (χ4n) is 2.23. The monoisotopic (exact) mass is 278 g/mol. The minimum absolute atomic E-state index is 0.335. The molecule has 0 amide bonds. The van der Waals surface area contributed by atoms with Gasteiger partial charge in [0, 0.05) is 11.6 Å². The lowest BCUT2D eigenvalue weighted by Crippen LogP contribution is -2.31. The molecule has 1 aromatic heterocycles. The summed E-state index contributed by atoms with van der Waals surface area (Å²) in [5, 5.41) is 12.2. The van der Waals surface area contributed by atoms with E-state index in [-0.39, 0.29) is 0 Å². The average molecular weight is 278 g/mol. The van der Waals surface area contributed by atoms with Gasteiger partial charge in [-0.3, -0.25) is 0 Å². The van der Waals surface area contributed by atoms with Crippen LogP contribution in [-0.2, 0) is 0 Å². The number of aryl methyl sites for hydroxylation is 1. The second-order valence-corrected chi connectivity index (χ2v) is 4.88. The molecule has 0 spiro atoms. The Kier molecular flexibility index (Phi) is 3.28. The first kappa shape index (κ1) is 13.1. The van der Waals surface area contributed by atoms with Crippen molar-refractivity contribution < 1.29 is 4.54 Å². The summed E-state index contributed by atoms with van der Waals surface area (Å²) in [6.45, 7) is 1.97. The van der Waals surface area contributed by atoms with Gasteiger partial charge in [0.15, 0.2) is 4.54 Å². The van der Waals surface area contributed by atoms with Crippen LogP contribution in [0.15, 0.2) is 66.7 Å². The molecule has 104 valence electrons. The van der Waals surface area contributed by atoms with Crippen LogP contribution in [0.5, 0.6) is 0 Å².